The first-order valence-corrected chi connectivity index (χ1v) is 9.58. The number of hydrogen-bond donors (Lipinski definition) is 2. The predicted octanol–water partition coefficient (Wildman–Crippen LogP) is 2.37. The lowest BCUT2D eigenvalue weighted by molar-refractivity contribution is -0.292. The lowest BCUT2D eigenvalue weighted by atomic mass is 9.92. The number of ether oxygens (including phenoxy) is 2. The molecule has 2 N–H and O–H groups in total. The Morgan fingerprint density at radius 1 is 1.40 bits per heavy atom. The molecule has 0 bridgehead atoms. The second-order valence-electron chi connectivity index (χ2n) is 6.66. The van der Waals surface area contributed by atoms with E-state index in [9.17, 15) is 15.0 Å². The maximum atomic E-state index is 12.4. The van der Waals surface area contributed by atoms with E-state index in [1.165, 1.54) is 11.8 Å². The molecule has 1 aromatic carbocycles. The number of thioether (sulfide) groups is 1. The lowest BCUT2D eigenvalue weighted by Gasteiger charge is -2.45. The Morgan fingerprint density at radius 2 is 2.12 bits per heavy atom. The summed E-state index contributed by atoms with van der Waals surface area (Å²) in [4.78, 5) is 14.0. The van der Waals surface area contributed by atoms with E-state index in [4.69, 9.17) is 9.47 Å². The molecule has 3 rings (SSSR count). The van der Waals surface area contributed by atoms with E-state index in [0.717, 1.165) is 11.3 Å². The predicted molar refractivity (Wildman–Crippen MR) is 95.5 cm³/mol. The second kappa shape index (κ2) is 7.53. The molecule has 2 fully saturated rings. The number of carbonyl (C=O) groups excluding carboxylic acids is 1. The largest absolute Gasteiger partial charge is 0.497 e. The van der Waals surface area contributed by atoms with Crippen LogP contribution in [0.4, 0.5) is 4.79 Å². The second-order valence-corrected chi connectivity index (χ2v) is 7.63. The molecule has 0 saturated carbocycles. The van der Waals surface area contributed by atoms with Crippen molar-refractivity contribution in [2.45, 2.75) is 56.8 Å². The number of carbonyl (C=O) groups is 1. The van der Waals surface area contributed by atoms with Crippen LogP contribution in [0.3, 0.4) is 0 Å². The molecule has 2 heterocycles. The fourth-order valence-electron chi connectivity index (χ4n) is 3.50. The molecular formula is C18H25NO5S. The molecule has 0 radical (unpaired) electrons. The van der Waals surface area contributed by atoms with E-state index in [0.29, 0.717) is 25.1 Å². The first kappa shape index (κ1) is 18.5. The van der Waals surface area contributed by atoms with E-state index in [-0.39, 0.29) is 17.8 Å². The summed E-state index contributed by atoms with van der Waals surface area (Å²) in [6.45, 7) is 2.35. The van der Waals surface area contributed by atoms with Gasteiger partial charge >= 0.3 is 0 Å². The summed E-state index contributed by atoms with van der Waals surface area (Å²) >= 11 is 1.18. The zero-order valence-corrected chi connectivity index (χ0v) is 15.4. The van der Waals surface area contributed by atoms with Crippen LogP contribution in [0.25, 0.3) is 0 Å². The minimum Gasteiger partial charge on any atom is -0.497 e. The minimum atomic E-state index is -1.51. The van der Waals surface area contributed by atoms with Gasteiger partial charge in [0.1, 0.15) is 5.75 Å². The van der Waals surface area contributed by atoms with Gasteiger partial charge in [-0.25, -0.2) is 0 Å². The molecule has 2 aliphatic heterocycles. The van der Waals surface area contributed by atoms with E-state index in [2.05, 4.69) is 0 Å². The zero-order valence-electron chi connectivity index (χ0n) is 14.6. The standard InChI is InChI=1S/C18H25NO5S/c1-3-14-8-13(20)9-18(22,24-14)16-11-25-17(21)19(16)10-12-4-6-15(23-2)7-5-12/h4-7,13-14,16,20,22H,3,8-11H2,1-2H3/t13-,14-,16+,18-/m1/s1. The Hall–Kier alpha value is -1.28. The topological polar surface area (TPSA) is 79.2 Å². The van der Waals surface area contributed by atoms with Gasteiger partial charge in [0.15, 0.2) is 5.79 Å². The Kier molecular flexibility index (Phi) is 5.58. The third kappa shape index (κ3) is 3.95. The van der Waals surface area contributed by atoms with Crippen molar-refractivity contribution in [1.29, 1.82) is 0 Å². The normalized spacial score (nSPS) is 32.9. The van der Waals surface area contributed by atoms with Gasteiger partial charge in [-0.3, -0.25) is 4.79 Å². The molecule has 7 heteroatoms. The monoisotopic (exact) mass is 367 g/mol. The number of rotatable bonds is 5. The molecule has 6 nitrogen and oxygen atoms in total. The third-order valence-electron chi connectivity index (χ3n) is 4.90. The molecule has 0 aliphatic carbocycles. The maximum Gasteiger partial charge on any atom is 0.282 e. The molecule has 0 aromatic heterocycles. The first-order chi connectivity index (χ1) is 11.9. The van der Waals surface area contributed by atoms with E-state index in [1.807, 2.05) is 31.2 Å². The highest BCUT2D eigenvalue weighted by Crippen LogP contribution is 2.39. The van der Waals surface area contributed by atoms with Gasteiger partial charge < -0.3 is 24.6 Å². The smallest absolute Gasteiger partial charge is 0.282 e. The minimum absolute atomic E-state index is 0.0778. The molecule has 0 unspecified atom stereocenters. The molecule has 4 atom stereocenters. The van der Waals surface area contributed by atoms with Crippen LogP contribution in [0.1, 0.15) is 31.7 Å². The number of methoxy groups -OCH3 is 1. The third-order valence-corrected chi connectivity index (χ3v) is 5.86. The van der Waals surface area contributed by atoms with E-state index >= 15 is 0 Å². The average molecular weight is 367 g/mol. The zero-order chi connectivity index (χ0) is 18.0. The van der Waals surface area contributed by atoms with Gasteiger partial charge in [0, 0.05) is 18.7 Å². The molecular weight excluding hydrogens is 342 g/mol. The SMILES string of the molecule is CC[C@@H]1C[C@@H](O)C[C@](O)([C@@H]2CSC(=O)N2Cc2ccc(OC)cc2)O1. The number of aliphatic hydroxyl groups is 2. The van der Waals surface area contributed by atoms with Crippen molar-refractivity contribution in [3.63, 3.8) is 0 Å². The van der Waals surface area contributed by atoms with Gasteiger partial charge in [-0.1, -0.05) is 30.8 Å². The van der Waals surface area contributed by atoms with Gasteiger partial charge in [-0.15, -0.1) is 0 Å². The van der Waals surface area contributed by atoms with Gasteiger partial charge in [-0.05, 0) is 30.5 Å². The molecule has 2 saturated heterocycles. The summed E-state index contributed by atoms with van der Waals surface area (Å²) in [5, 5.41) is 21.1. The van der Waals surface area contributed by atoms with Crippen LogP contribution in [0, 0.1) is 0 Å². The summed E-state index contributed by atoms with van der Waals surface area (Å²) in [6, 6.07) is 7.03. The van der Waals surface area contributed by atoms with Crippen molar-refractivity contribution in [2.24, 2.45) is 0 Å². The van der Waals surface area contributed by atoms with Crippen molar-refractivity contribution in [3.8, 4) is 5.75 Å². The number of nitrogens with zero attached hydrogens (tertiary/aromatic N) is 1. The van der Waals surface area contributed by atoms with Crippen LogP contribution in [0.15, 0.2) is 24.3 Å². The number of hydrogen-bond acceptors (Lipinski definition) is 6. The fraction of sp³-hybridized carbons (Fsp3) is 0.611. The fourth-order valence-corrected chi connectivity index (χ4v) is 4.60. The molecule has 0 spiro atoms. The summed E-state index contributed by atoms with van der Waals surface area (Å²) in [5.41, 5.74) is 0.952. The quantitative estimate of drug-likeness (QED) is 0.832. The Morgan fingerprint density at radius 3 is 2.76 bits per heavy atom. The van der Waals surface area contributed by atoms with Crippen molar-refractivity contribution < 1.29 is 24.5 Å². The van der Waals surface area contributed by atoms with Crippen molar-refractivity contribution >= 4 is 17.0 Å². The molecule has 138 valence electrons. The Labute approximate surface area is 152 Å². The Bertz CT molecular complexity index is 610. The van der Waals surface area contributed by atoms with Gasteiger partial charge in [0.2, 0.25) is 0 Å². The van der Waals surface area contributed by atoms with Crippen LogP contribution >= 0.6 is 11.8 Å². The molecule has 25 heavy (non-hydrogen) atoms. The highest BCUT2D eigenvalue weighted by atomic mass is 32.2. The highest BCUT2D eigenvalue weighted by molar-refractivity contribution is 8.13. The number of benzene rings is 1. The van der Waals surface area contributed by atoms with Crippen LogP contribution in [-0.2, 0) is 11.3 Å². The summed E-state index contributed by atoms with van der Waals surface area (Å²) in [6.07, 6.45) is 0.544. The molecule has 1 amide bonds. The van der Waals surface area contributed by atoms with Gasteiger partial charge in [0.25, 0.3) is 5.24 Å². The van der Waals surface area contributed by atoms with Gasteiger partial charge in [0.05, 0.1) is 25.4 Å². The summed E-state index contributed by atoms with van der Waals surface area (Å²) in [5.74, 6) is -0.302. The highest BCUT2D eigenvalue weighted by Gasteiger charge is 2.51. The van der Waals surface area contributed by atoms with Crippen LogP contribution < -0.4 is 4.74 Å². The van der Waals surface area contributed by atoms with Gasteiger partial charge in [-0.2, -0.15) is 0 Å². The molecule has 1 aromatic rings. The molecule has 2 aliphatic rings. The number of aliphatic hydroxyl groups excluding tert-OH is 1. The van der Waals surface area contributed by atoms with E-state index in [1.54, 1.807) is 12.0 Å². The van der Waals surface area contributed by atoms with Crippen molar-refractivity contribution in [2.75, 3.05) is 12.9 Å². The summed E-state index contributed by atoms with van der Waals surface area (Å²) < 4.78 is 11.1. The van der Waals surface area contributed by atoms with Crippen LogP contribution in [0.2, 0.25) is 0 Å². The average Bonchev–Trinajstić information content (AvgIpc) is 2.96. The first-order valence-electron chi connectivity index (χ1n) is 8.59. The van der Waals surface area contributed by atoms with Crippen LogP contribution in [-0.4, -0.2) is 57.3 Å². The Balaban J connectivity index is 1.78. The van der Waals surface area contributed by atoms with Crippen LogP contribution in [0.5, 0.6) is 5.75 Å². The number of amides is 1. The van der Waals surface area contributed by atoms with Crippen molar-refractivity contribution in [3.05, 3.63) is 29.8 Å². The lowest BCUT2D eigenvalue weighted by Crippen LogP contribution is -2.58. The van der Waals surface area contributed by atoms with Crippen molar-refractivity contribution in [1.82, 2.24) is 4.90 Å². The summed E-state index contributed by atoms with van der Waals surface area (Å²) in [7, 11) is 1.61. The maximum absolute atomic E-state index is 12.4. The van der Waals surface area contributed by atoms with E-state index < -0.39 is 17.9 Å².